The molecular weight excluding hydrogens is 362 g/mol. The van der Waals surface area contributed by atoms with E-state index in [0.717, 1.165) is 48.2 Å². The fourth-order valence-electron chi connectivity index (χ4n) is 3.28. The van der Waals surface area contributed by atoms with Gasteiger partial charge >= 0.3 is 0 Å². The first kappa shape index (κ1) is 19.5. The molecule has 6 heteroatoms. The molecule has 0 bridgehead atoms. The van der Waals surface area contributed by atoms with Gasteiger partial charge in [-0.3, -0.25) is 4.79 Å². The average Bonchev–Trinajstić information content (AvgIpc) is 2.66. The number of ether oxygens (including phenoxy) is 1. The maximum absolute atomic E-state index is 12.2. The third-order valence-electron chi connectivity index (χ3n) is 4.74. The summed E-state index contributed by atoms with van der Waals surface area (Å²) in [6.07, 6.45) is 0. The predicted molar refractivity (Wildman–Crippen MR) is 109 cm³/mol. The first-order chi connectivity index (χ1) is 13.1. The fraction of sp³-hybridized carbons (Fsp3) is 0.381. The lowest BCUT2D eigenvalue weighted by Gasteiger charge is -2.33. The Morgan fingerprint density at radius 2 is 1.96 bits per heavy atom. The average molecular weight is 389 g/mol. The zero-order valence-corrected chi connectivity index (χ0v) is 16.5. The number of anilines is 1. The Bertz CT molecular complexity index is 761. The van der Waals surface area contributed by atoms with Crippen LogP contribution in [0.25, 0.3) is 0 Å². The topological polar surface area (TPSA) is 46.0 Å². The smallest absolute Gasteiger partial charge is 0.275 e. The molecular formula is C21H27ClN3O2+. The van der Waals surface area contributed by atoms with Gasteiger partial charge in [0.2, 0.25) is 0 Å². The summed E-state index contributed by atoms with van der Waals surface area (Å²) in [7, 11) is 0. The number of halogens is 1. The summed E-state index contributed by atoms with van der Waals surface area (Å²) >= 11 is 6.07. The van der Waals surface area contributed by atoms with Crippen LogP contribution in [-0.2, 0) is 4.79 Å². The highest BCUT2D eigenvalue weighted by molar-refractivity contribution is 6.30. The van der Waals surface area contributed by atoms with Crippen LogP contribution >= 0.6 is 11.6 Å². The van der Waals surface area contributed by atoms with Gasteiger partial charge in [0.05, 0.1) is 32.7 Å². The van der Waals surface area contributed by atoms with Crippen LogP contribution in [0.3, 0.4) is 0 Å². The standard InChI is InChI=1S/C21H26ClN3O2/c1-17-4-2-7-20(14-17)27-13-8-23-21(26)16-24-9-11-25(12-10-24)19-6-3-5-18(22)15-19/h2-7,14-15H,8-13,16H2,1H3,(H,23,26)/p+1. The lowest BCUT2D eigenvalue weighted by atomic mass is 10.2. The quantitative estimate of drug-likeness (QED) is 0.707. The second-order valence-corrected chi connectivity index (χ2v) is 7.35. The molecule has 0 aliphatic carbocycles. The zero-order chi connectivity index (χ0) is 19.1. The molecule has 27 heavy (non-hydrogen) atoms. The Morgan fingerprint density at radius 3 is 2.70 bits per heavy atom. The van der Waals surface area contributed by atoms with Crippen LogP contribution in [0.4, 0.5) is 5.69 Å². The van der Waals surface area contributed by atoms with Crippen molar-refractivity contribution >= 4 is 23.2 Å². The highest BCUT2D eigenvalue weighted by Gasteiger charge is 2.22. The molecule has 144 valence electrons. The van der Waals surface area contributed by atoms with Gasteiger partial charge in [-0.05, 0) is 42.8 Å². The van der Waals surface area contributed by atoms with E-state index in [1.807, 2.05) is 49.4 Å². The molecule has 0 saturated carbocycles. The van der Waals surface area contributed by atoms with Gasteiger partial charge in [0.1, 0.15) is 12.4 Å². The highest BCUT2D eigenvalue weighted by atomic mass is 35.5. The van der Waals surface area contributed by atoms with E-state index < -0.39 is 0 Å². The second kappa shape index (κ2) is 9.62. The van der Waals surface area contributed by atoms with Gasteiger partial charge < -0.3 is 19.9 Å². The number of quaternary nitrogens is 1. The third-order valence-corrected chi connectivity index (χ3v) is 4.97. The molecule has 1 aliphatic rings. The Labute approximate surface area is 165 Å². The second-order valence-electron chi connectivity index (χ2n) is 6.91. The Balaban J connectivity index is 1.33. The molecule has 5 nitrogen and oxygen atoms in total. The molecule has 1 aliphatic heterocycles. The number of piperazine rings is 1. The van der Waals surface area contributed by atoms with Gasteiger partial charge in [0.25, 0.3) is 5.91 Å². The summed E-state index contributed by atoms with van der Waals surface area (Å²) in [5.41, 5.74) is 2.32. The number of carbonyl (C=O) groups is 1. The Hall–Kier alpha value is -2.24. The molecule has 2 aromatic rings. The van der Waals surface area contributed by atoms with Crippen LogP contribution in [0, 0.1) is 6.92 Å². The van der Waals surface area contributed by atoms with Crippen LogP contribution in [0.2, 0.25) is 5.02 Å². The molecule has 1 saturated heterocycles. The minimum absolute atomic E-state index is 0.0778. The number of carbonyl (C=O) groups excluding carboxylic acids is 1. The minimum Gasteiger partial charge on any atom is -0.492 e. The largest absolute Gasteiger partial charge is 0.492 e. The zero-order valence-electron chi connectivity index (χ0n) is 15.7. The summed E-state index contributed by atoms with van der Waals surface area (Å²) in [6, 6.07) is 15.9. The van der Waals surface area contributed by atoms with Gasteiger partial charge in [0, 0.05) is 10.7 Å². The van der Waals surface area contributed by atoms with E-state index in [9.17, 15) is 4.79 Å². The first-order valence-electron chi connectivity index (χ1n) is 9.40. The molecule has 2 N–H and O–H groups in total. The van der Waals surface area contributed by atoms with Crippen LogP contribution < -0.4 is 19.9 Å². The minimum atomic E-state index is 0.0778. The number of aryl methyl sites for hydroxylation is 1. The van der Waals surface area contributed by atoms with Gasteiger partial charge in [-0.15, -0.1) is 0 Å². The van der Waals surface area contributed by atoms with Crippen molar-refractivity contribution in [3.63, 3.8) is 0 Å². The van der Waals surface area contributed by atoms with E-state index in [4.69, 9.17) is 16.3 Å². The van der Waals surface area contributed by atoms with Crippen molar-refractivity contribution in [1.29, 1.82) is 0 Å². The number of nitrogens with zero attached hydrogens (tertiary/aromatic N) is 1. The van der Waals surface area contributed by atoms with Gasteiger partial charge in [-0.2, -0.15) is 0 Å². The molecule has 3 rings (SSSR count). The number of hydrogen-bond donors (Lipinski definition) is 2. The summed E-state index contributed by atoms with van der Waals surface area (Å²) in [4.78, 5) is 15.8. The van der Waals surface area contributed by atoms with Crippen molar-refractivity contribution in [1.82, 2.24) is 5.32 Å². The maximum atomic E-state index is 12.2. The molecule has 0 radical (unpaired) electrons. The molecule has 0 spiro atoms. The van der Waals surface area contributed by atoms with Crippen molar-refractivity contribution in [2.45, 2.75) is 6.92 Å². The lowest BCUT2D eigenvalue weighted by Crippen LogP contribution is -3.16. The van der Waals surface area contributed by atoms with E-state index in [2.05, 4.69) is 16.3 Å². The summed E-state index contributed by atoms with van der Waals surface area (Å²) < 4.78 is 5.66. The van der Waals surface area contributed by atoms with Gasteiger partial charge in [-0.1, -0.05) is 29.8 Å². The van der Waals surface area contributed by atoms with Crippen LogP contribution in [-0.4, -0.2) is 51.8 Å². The molecule has 1 amide bonds. The lowest BCUT2D eigenvalue weighted by molar-refractivity contribution is -0.892. The van der Waals surface area contributed by atoms with Crippen LogP contribution in [0.5, 0.6) is 5.75 Å². The molecule has 0 aromatic heterocycles. The number of benzene rings is 2. The number of amides is 1. The van der Waals surface area contributed by atoms with Crippen molar-refractivity contribution in [2.24, 2.45) is 0 Å². The van der Waals surface area contributed by atoms with Gasteiger partial charge in [0.15, 0.2) is 6.54 Å². The summed E-state index contributed by atoms with van der Waals surface area (Å²) in [6.45, 7) is 7.29. The van der Waals surface area contributed by atoms with Gasteiger partial charge in [-0.25, -0.2) is 0 Å². The molecule has 0 unspecified atom stereocenters. The molecule has 2 aromatic carbocycles. The van der Waals surface area contributed by atoms with Crippen LogP contribution in [0.15, 0.2) is 48.5 Å². The molecule has 1 heterocycles. The molecule has 0 atom stereocenters. The molecule has 1 fully saturated rings. The van der Waals surface area contributed by atoms with Crippen molar-refractivity contribution in [2.75, 3.05) is 50.8 Å². The van der Waals surface area contributed by atoms with E-state index in [1.54, 1.807) is 0 Å². The number of nitrogens with one attached hydrogen (secondary N) is 2. The Kier molecular flexibility index (Phi) is 6.96. The van der Waals surface area contributed by atoms with Crippen molar-refractivity contribution in [3.05, 3.63) is 59.1 Å². The van der Waals surface area contributed by atoms with Crippen molar-refractivity contribution < 1.29 is 14.4 Å². The van der Waals surface area contributed by atoms with Crippen molar-refractivity contribution in [3.8, 4) is 5.75 Å². The summed E-state index contributed by atoms with van der Waals surface area (Å²) in [5.74, 6) is 0.918. The van der Waals surface area contributed by atoms with E-state index in [-0.39, 0.29) is 5.91 Å². The number of rotatable bonds is 7. The normalized spacial score (nSPS) is 14.8. The highest BCUT2D eigenvalue weighted by Crippen LogP contribution is 2.19. The van der Waals surface area contributed by atoms with E-state index in [0.29, 0.717) is 19.7 Å². The monoisotopic (exact) mass is 388 g/mol. The SMILES string of the molecule is Cc1cccc(OCCNC(=O)C[NH+]2CCN(c3cccc(Cl)c3)CC2)c1. The van der Waals surface area contributed by atoms with E-state index in [1.165, 1.54) is 4.90 Å². The van der Waals surface area contributed by atoms with E-state index >= 15 is 0 Å². The Morgan fingerprint density at radius 1 is 1.19 bits per heavy atom. The first-order valence-corrected chi connectivity index (χ1v) is 9.78. The summed E-state index contributed by atoms with van der Waals surface area (Å²) in [5, 5.41) is 3.71. The van der Waals surface area contributed by atoms with Crippen LogP contribution in [0.1, 0.15) is 5.56 Å². The number of hydrogen-bond acceptors (Lipinski definition) is 3. The predicted octanol–water partition coefficient (Wildman–Crippen LogP) is 1.55. The maximum Gasteiger partial charge on any atom is 0.275 e. The third kappa shape index (κ3) is 6.15. The fourth-order valence-corrected chi connectivity index (χ4v) is 3.47.